The van der Waals surface area contributed by atoms with Gasteiger partial charge in [-0.15, -0.1) is 0 Å². The van der Waals surface area contributed by atoms with E-state index in [1.165, 1.54) is 188 Å². The molecule has 0 aliphatic heterocycles. The van der Waals surface area contributed by atoms with Crippen molar-refractivity contribution in [1.82, 2.24) is 0 Å². The summed E-state index contributed by atoms with van der Waals surface area (Å²) >= 11 is 0. The molecule has 13 aromatic rings. The lowest BCUT2D eigenvalue weighted by atomic mass is 9.78. The minimum atomic E-state index is -0.225. The van der Waals surface area contributed by atoms with E-state index in [0.29, 0.717) is 0 Å². The van der Waals surface area contributed by atoms with Crippen LogP contribution in [0.4, 0.5) is 0 Å². The minimum Gasteiger partial charge on any atom is -0.0622 e. The number of hydrogen-bond acceptors (Lipinski definition) is 0. The zero-order chi connectivity index (χ0) is 56.6. The Bertz CT molecular complexity index is 5010. The van der Waals surface area contributed by atoms with E-state index in [0.717, 1.165) is 0 Å². The first kappa shape index (κ1) is 49.7. The molecule has 0 saturated heterocycles. The zero-order valence-electron chi connectivity index (χ0n) is 49.3. The SMILES string of the molecule is Cc1ccc2c(-c3ccc4c(c3)C(C)(C)c3cc(-c5ccc6c(c5)C(C)(C)c5cc(-c7c8ccc(C)cc8c(-c8ccc9c(c8)C(C)(C)c8ccccc8-9)c8ccc(C)cc78)ccc5-6)ccc3-4)c3cc(C)ccc3c(-c3ccccc3)c2c1. The number of fused-ring (bicyclic) bond motifs is 13. The molecular formula is C83H66. The summed E-state index contributed by atoms with van der Waals surface area (Å²) in [4.78, 5) is 0. The second-order valence-electron chi connectivity index (χ2n) is 26.3. The Kier molecular flexibility index (Phi) is 10.5. The Hall–Kier alpha value is -9.10. The molecule has 398 valence electrons. The first-order chi connectivity index (χ1) is 40.0. The fraction of sp³-hybridized carbons (Fsp3) is 0.157. The van der Waals surface area contributed by atoms with E-state index in [-0.39, 0.29) is 16.2 Å². The van der Waals surface area contributed by atoms with Crippen molar-refractivity contribution in [2.24, 2.45) is 0 Å². The van der Waals surface area contributed by atoms with Crippen molar-refractivity contribution >= 4 is 43.1 Å². The van der Waals surface area contributed by atoms with Crippen LogP contribution in [0, 0.1) is 27.7 Å². The van der Waals surface area contributed by atoms with Gasteiger partial charge in [0.05, 0.1) is 0 Å². The molecule has 0 radical (unpaired) electrons. The van der Waals surface area contributed by atoms with Crippen LogP contribution in [-0.2, 0) is 16.2 Å². The highest BCUT2D eigenvalue weighted by Gasteiger charge is 2.39. The molecule has 0 heterocycles. The van der Waals surface area contributed by atoms with Crippen molar-refractivity contribution in [3.05, 3.63) is 274 Å². The van der Waals surface area contributed by atoms with E-state index >= 15 is 0 Å². The molecule has 0 bridgehead atoms. The van der Waals surface area contributed by atoms with Crippen LogP contribution in [0.5, 0.6) is 0 Å². The van der Waals surface area contributed by atoms with Gasteiger partial charge >= 0.3 is 0 Å². The molecule has 0 unspecified atom stereocenters. The Morgan fingerprint density at radius 1 is 0.193 bits per heavy atom. The molecule has 0 N–H and O–H groups in total. The summed E-state index contributed by atoms with van der Waals surface area (Å²) in [5, 5.41) is 10.4. The van der Waals surface area contributed by atoms with Gasteiger partial charge in [0.1, 0.15) is 0 Å². The van der Waals surface area contributed by atoms with E-state index in [9.17, 15) is 0 Å². The van der Waals surface area contributed by atoms with Crippen molar-refractivity contribution in [1.29, 1.82) is 0 Å². The number of rotatable bonds is 5. The van der Waals surface area contributed by atoms with E-state index in [1.807, 2.05) is 0 Å². The highest BCUT2D eigenvalue weighted by atomic mass is 14.4. The van der Waals surface area contributed by atoms with Crippen molar-refractivity contribution in [3.63, 3.8) is 0 Å². The van der Waals surface area contributed by atoms with Crippen LogP contribution >= 0.6 is 0 Å². The van der Waals surface area contributed by atoms with Crippen LogP contribution in [0.25, 0.3) is 132 Å². The van der Waals surface area contributed by atoms with Gasteiger partial charge in [0.25, 0.3) is 0 Å². The number of benzene rings is 13. The topological polar surface area (TPSA) is 0 Å². The Balaban J connectivity index is 0.773. The number of hydrogen-bond donors (Lipinski definition) is 0. The van der Waals surface area contributed by atoms with Crippen molar-refractivity contribution in [3.8, 4) is 89.0 Å². The molecule has 0 atom stereocenters. The van der Waals surface area contributed by atoms with Crippen LogP contribution in [0.15, 0.2) is 218 Å². The molecule has 0 fully saturated rings. The van der Waals surface area contributed by atoms with Crippen LogP contribution < -0.4 is 0 Å². The molecule has 0 spiro atoms. The average molecular weight is 1060 g/mol. The van der Waals surface area contributed by atoms with Gasteiger partial charge in [0.2, 0.25) is 0 Å². The molecule has 0 heteroatoms. The lowest BCUT2D eigenvalue weighted by Gasteiger charge is -2.25. The Labute approximate surface area is 488 Å². The predicted molar refractivity (Wildman–Crippen MR) is 355 cm³/mol. The molecule has 0 amide bonds. The minimum absolute atomic E-state index is 0.0878. The van der Waals surface area contributed by atoms with E-state index < -0.39 is 0 Å². The molecule has 16 rings (SSSR count). The molecular weight excluding hydrogens is 997 g/mol. The van der Waals surface area contributed by atoms with Crippen LogP contribution in [0.3, 0.4) is 0 Å². The number of aryl methyl sites for hydroxylation is 4. The monoisotopic (exact) mass is 1060 g/mol. The van der Waals surface area contributed by atoms with Gasteiger partial charge in [-0.3, -0.25) is 0 Å². The van der Waals surface area contributed by atoms with Crippen LogP contribution in [0.2, 0.25) is 0 Å². The molecule has 0 nitrogen and oxygen atoms in total. The fourth-order valence-electron chi connectivity index (χ4n) is 15.8. The summed E-state index contributed by atoms with van der Waals surface area (Å²) in [5.41, 5.74) is 33.8. The first-order valence-electron chi connectivity index (χ1n) is 29.9. The molecule has 13 aromatic carbocycles. The van der Waals surface area contributed by atoms with Crippen LogP contribution in [0.1, 0.15) is 97.2 Å². The largest absolute Gasteiger partial charge is 0.0622 e. The van der Waals surface area contributed by atoms with Crippen molar-refractivity contribution in [2.45, 2.75) is 85.5 Å². The molecule has 0 aromatic heterocycles. The summed E-state index contributed by atoms with van der Waals surface area (Å²) in [6, 6.07) is 84.8. The molecule has 3 aliphatic rings. The summed E-state index contributed by atoms with van der Waals surface area (Å²) in [5.74, 6) is 0. The second kappa shape index (κ2) is 17.5. The molecule has 83 heavy (non-hydrogen) atoms. The zero-order valence-corrected chi connectivity index (χ0v) is 49.3. The Morgan fingerprint density at radius 2 is 0.458 bits per heavy atom. The van der Waals surface area contributed by atoms with Crippen molar-refractivity contribution in [2.75, 3.05) is 0 Å². The van der Waals surface area contributed by atoms with E-state index in [1.54, 1.807) is 0 Å². The quantitative estimate of drug-likeness (QED) is 0.151. The van der Waals surface area contributed by atoms with Gasteiger partial charge in [-0.25, -0.2) is 0 Å². The van der Waals surface area contributed by atoms with Gasteiger partial charge in [-0.2, -0.15) is 0 Å². The van der Waals surface area contributed by atoms with Gasteiger partial charge < -0.3 is 0 Å². The fourth-order valence-corrected chi connectivity index (χ4v) is 15.8. The first-order valence-corrected chi connectivity index (χ1v) is 29.9. The third-order valence-electron chi connectivity index (χ3n) is 20.1. The van der Waals surface area contributed by atoms with Crippen molar-refractivity contribution < 1.29 is 0 Å². The third-order valence-corrected chi connectivity index (χ3v) is 20.1. The maximum Gasteiger partial charge on any atom is 0.0159 e. The lowest BCUT2D eigenvalue weighted by Crippen LogP contribution is -2.15. The predicted octanol–water partition coefficient (Wildman–Crippen LogP) is 22.8. The summed E-state index contributed by atoms with van der Waals surface area (Å²) in [7, 11) is 0. The summed E-state index contributed by atoms with van der Waals surface area (Å²) in [6.07, 6.45) is 0. The smallest absolute Gasteiger partial charge is 0.0159 e. The third kappa shape index (κ3) is 7.12. The highest BCUT2D eigenvalue weighted by Crippen LogP contribution is 2.56. The van der Waals surface area contributed by atoms with Gasteiger partial charge in [0, 0.05) is 16.2 Å². The highest BCUT2D eigenvalue weighted by molar-refractivity contribution is 6.23. The molecule has 0 saturated carbocycles. The summed E-state index contributed by atoms with van der Waals surface area (Å²) < 4.78 is 0. The van der Waals surface area contributed by atoms with Gasteiger partial charge in [0.15, 0.2) is 0 Å². The van der Waals surface area contributed by atoms with E-state index in [2.05, 4.69) is 288 Å². The lowest BCUT2D eigenvalue weighted by molar-refractivity contribution is 0.660. The van der Waals surface area contributed by atoms with Gasteiger partial charge in [-0.05, 0) is 224 Å². The normalized spacial score (nSPS) is 14.7. The van der Waals surface area contributed by atoms with Crippen LogP contribution in [-0.4, -0.2) is 0 Å². The summed E-state index contributed by atoms with van der Waals surface area (Å²) in [6.45, 7) is 23.4. The molecule has 3 aliphatic carbocycles. The Morgan fingerprint density at radius 3 is 0.807 bits per heavy atom. The maximum atomic E-state index is 2.54. The average Bonchev–Trinajstić information content (AvgIpc) is 3.64. The standard InChI is InChI=1S/C83H66/c1-47-21-30-64-67(38-47)77(51-16-12-11-13-17-51)63-29-20-48(2)39-68(63)78(64)55-27-36-61-59-33-24-52(42-72(59)82(7,8)75(61)45-55)53-25-34-60-62-37-28-56(46-76(62)83(9,10)73(60)43-53)80-66-32-23-49(3)40-69(66)79(65-31-22-50(4)41-70(65)80)54-26-35-58-57-18-14-15-19-71(57)81(5,6)74(58)44-54/h11-46H,1-10H3. The van der Waals surface area contributed by atoms with E-state index in [4.69, 9.17) is 0 Å². The second-order valence-corrected chi connectivity index (χ2v) is 26.3. The maximum absolute atomic E-state index is 2.54. The van der Waals surface area contributed by atoms with Gasteiger partial charge in [-0.1, -0.05) is 252 Å².